The quantitative estimate of drug-likeness (QED) is 0.663. The van der Waals surface area contributed by atoms with Gasteiger partial charge in [0, 0.05) is 38.3 Å². The third-order valence-electron chi connectivity index (χ3n) is 3.45. The minimum absolute atomic E-state index is 0.0836. The molecule has 1 heterocycles. The molecule has 0 radical (unpaired) electrons. The van der Waals surface area contributed by atoms with Crippen LogP contribution in [0.4, 0.5) is 5.82 Å². The normalized spacial score (nSPS) is 14.4. The molecular weight excluding hydrogens is 270 g/mol. The predicted molar refractivity (Wildman–Crippen MR) is 82.0 cm³/mol. The van der Waals surface area contributed by atoms with Crippen LogP contribution in [0, 0.1) is 0 Å². The van der Waals surface area contributed by atoms with Gasteiger partial charge in [0.1, 0.15) is 11.6 Å². The van der Waals surface area contributed by atoms with Crippen LogP contribution < -0.4 is 10.5 Å². The highest BCUT2D eigenvalue weighted by Gasteiger charge is 2.27. The van der Waals surface area contributed by atoms with Gasteiger partial charge in [-0.05, 0) is 26.7 Å². The van der Waals surface area contributed by atoms with Crippen LogP contribution >= 0.6 is 0 Å². The highest BCUT2D eigenvalue weighted by atomic mass is 16.5. The number of nitrogens with zero attached hydrogens (tertiary/aromatic N) is 2. The number of H-pyrrole nitrogens is 1. The second kappa shape index (κ2) is 8.14. The van der Waals surface area contributed by atoms with E-state index in [9.17, 15) is 4.79 Å². The molecule has 21 heavy (non-hydrogen) atoms. The van der Waals surface area contributed by atoms with Crippen molar-refractivity contribution in [2.24, 2.45) is 0 Å². The molecule has 0 bridgehead atoms. The maximum absolute atomic E-state index is 11.8. The third-order valence-corrected chi connectivity index (χ3v) is 3.45. The fourth-order valence-electron chi connectivity index (χ4n) is 2.15. The summed E-state index contributed by atoms with van der Waals surface area (Å²) < 4.78 is 10.8. The predicted octanol–water partition coefficient (Wildman–Crippen LogP) is 1.53. The van der Waals surface area contributed by atoms with Gasteiger partial charge in [0.25, 0.3) is 5.56 Å². The van der Waals surface area contributed by atoms with Gasteiger partial charge in [0.05, 0.1) is 13.2 Å². The van der Waals surface area contributed by atoms with E-state index in [1.165, 1.54) is 0 Å². The Hall–Kier alpha value is -1.40. The molecule has 0 saturated heterocycles. The fourth-order valence-corrected chi connectivity index (χ4v) is 2.15. The lowest BCUT2D eigenvalue weighted by Crippen LogP contribution is -2.33. The Balaban J connectivity index is 2.07. The number of hydrogen-bond acceptors (Lipinski definition) is 5. The summed E-state index contributed by atoms with van der Waals surface area (Å²) in [6, 6.07) is 1.56. The Morgan fingerprint density at radius 3 is 2.38 bits per heavy atom. The van der Waals surface area contributed by atoms with Gasteiger partial charge in [-0.25, -0.2) is 4.98 Å². The highest BCUT2D eigenvalue weighted by molar-refractivity contribution is 5.38. The molecule has 1 aliphatic rings. The van der Waals surface area contributed by atoms with Crippen molar-refractivity contribution in [1.82, 2.24) is 9.97 Å². The van der Waals surface area contributed by atoms with Gasteiger partial charge in [0.2, 0.25) is 0 Å². The van der Waals surface area contributed by atoms with Crippen LogP contribution in [0.3, 0.4) is 0 Å². The summed E-state index contributed by atoms with van der Waals surface area (Å²) in [5.74, 6) is 1.97. The van der Waals surface area contributed by atoms with Crippen molar-refractivity contribution in [2.45, 2.75) is 32.6 Å². The zero-order chi connectivity index (χ0) is 15.1. The Morgan fingerprint density at radius 1 is 1.24 bits per heavy atom. The molecule has 0 spiro atoms. The molecule has 1 aromatic rings. The maximum atomic E-state index is 11.8. The zero-order valence-electron chi connectivity index (χ0n) is 12.9. The van der Waals surface area contributed by atoms with Crippen molar-refractivity contribution in [3.63, 3.8) is 0 Å². The van der Waals surface area contributed by atoms with Crippen LogP contribution in [0.1, 0.15) is 38.4 Å². The van der Waals surface area contributed by atoms with E-state index in [1.54, 1.807) is 6.07 Å². The molecule has 2 rings (SSSR count). The molecule has 0 aromatic carbocycles. The Kier molecular flexibility index (Phi) is 6.20. The average molecular weight is 295 g/mol. The number of aromatic amines is 1. The second-order valence-electron chi connectivity index (χ2n) is 5.14. The first kappa shape index (κ1) is 16.0. The summed E-state index contributed by atoms with van der Waals surface area (Å²) in [6.45, 7) is 7.99. The molecule has 1 aromatic heterocycles. The number of rotatable bonds is 10. The molecule has 118 valence electrons. The molecule has 0 unspecified atom stereocenters. The van der Waals surface area contributed by atoms with E-state index < -0.39 is 0 Å². The Labute approximate surface area is 125 Å². The lowest BCUT2D eigenvalue weighted by atomic mass is 10.3. The summed E-state index contributed by atoms with van der Waals surface area (Å²) in [5, 5.41) is 0. The van der Waals surface area contributed by atoms with E-state index in [0.29, 0.717) is 45.4 Å². The summed E-state index contributed by atoms with van der Waals surface area (Å²) >= 11 is 0. The largest absolute Gasteiger partial charge is 0.380 e. The minimum Gasteiger partial charge on any atom is -0.380 e. The molecule has 1 fully saturated rings. The third kappa shape index (κ3) is 5.13. The number of aromatic nitrogens is 2. The average Bonchev–Trinajstić information content (AvgIpc) is 3.30. The number of hydrogen-bond donors (Lipinski definition) is 1. The number of ether oxygens (including phenoxy) is 2. The number of nitrogens with one attached hydrogen (secondary N) is 1. The van der Waals surface area contributed by atoms with Crippen LogP contribution in [0.15, 0.2) is 10.9 Å². The Bertz CT molecular complexity index is 475. The van der Waals surface area contributed by atoms with E-state index in [4.69, 9.17) is 9.47 Å². The van der Waals surface area contributed by atoms with Crippen LogP contribution in [-0.4, -0.2) is 49.5 Å². The van der Waals surface area contributed by atoms with Crippen molar-refractivity contribution in [2.75, 3.05) is 44.4 Å². The van der Waals surface area contributed by atoms with Crippen LogP contribution in [-0.2, 0) is 9.47 Å². The van der Waals surface area contributed by atoms with Gasteiger partial charge < -0.3 is 19.4 Å². The van der Waals surface area contributed by atoms with Gasteiger partial charge in [-0.15, -0.1) is 0 Å². The summed E-state index contributed by atoms with van der Waals surface area (Å²) in [5.41, 5.74) is -0.0836. The summed E-state index contributed by atoms with van der Waals surface area (Å²) in [4.78, 5) is 21.3. The highest BCUT2D eigenvalue weighted by Crippen LogP contribution is 2.37. The molecule has 0 aliphatic heterocycles. The first-order valence-electron chi connectivity index (χ1n) is 7.76. The smallest absolute Gasteiger partial charge is 0.252 e. The SMILES string of the molecule is CCOCCN(CCOCC)c1cc(=O)[nH]c(C2CC2)n1. The molecular formula is C15H25N3O3. The van der Waals surface area contributed by atoms with Crippen molar-refractivity contribution >= 4 is 5.82 Å². The first-order valence-corrected chi connectivity index (χ1v) is 7.76. The van der Waals surface area contributed by atoms with Gasteiger partial charge in [-0.1, -0.05) is 0 Å². The lowest BCUT2D eigenvalue weighted by Gasteiger charge is -2.23. The molecule has 6 nitrogen and oxygen atoms in total. The van der Waals surface area contributed by atoms with Crippen LogP contribution in [0.5, 0.6) is 0 Å². The van der Waals surface area contributed by atoms with Crippen molar-refractivity contribution in [1.29, 1.82) is 0 Å². The minimum atomic E-state index is -0.0836. The van der Waals surface area contributed by atoms with E-state index >= 15 is 0 Å². The van der Waals surface area contributed by atoms with Gasteiger partial charge in [-0.3, -0.25) is 4.79 Å². The van der Waals surface area contributed by atoms with Crippen LogP contribution in [0.2, 0.25) is 0 Å². The lowest BCUT2D eigenvalue weighted by molar-refractivity contribution is 0.141. The summed E-state index contributed by atoms with van der Waals surface area (Å²) in [7, 11) is 0. The standard InChI is InChI=1S/C15H25N3O3/c1-3-20-9-7-18(8-10-21-4-2)13-11-14(19)17-15(16-13)12-5-6-12/h11-12H,3-10H2,1-2H3,(H,16,17,19). The van der Waals surface area contributed by atoms with E-state index in [-0.39, 0.29) is 5.56 Å². The van der Waals surface area contributed by atoms with Crippen molar-refractivity contribution < 1.29 is 9.47 Å². The topological polar surface area (TPSA) is 67.5 Å². The second-order valence-corrected chi connectivity index (χ2v) is 5.14. The number of anilines is 1. The fraction of sp³-hybridized carbons (Fsp3) is 0.733. The molecule has 1 aliphatic carbocycles. The van der Waals surface area contributed by atoms with Gasteiger partial charge in [0.15, 0.2) is 0 Å². The first-order chi connectivity index (χ1) is 10.2. The Morgan fingerprint density at radius 2 is 1.86 bits per heavy atom. The van der Waals surface area contributed by atoms with E-state index in [2.05, 4.69) is 14.9 Å². The van der Waals surface area contributed by atoms with Crippen LogP contribution in [0.25, 0.3) is 0 Å². The molecule has 1 N–H and O–H groups in total. The van der Waals surface area contributed by atoms with Gasteiger partial charge >= 0.3 is 0 Å². The zero-order valence-corrected chi connectivity index (χ0v) is 12.9. The summed E-state index contributed by atoms with van der Waals surface area (Å²) in [6.07, 6.45) is 2.23. The van der Waals surface area contributed by atoms with Crippen molar-refractivity contribution in [3.8, 4) is 0 Å². The molecule has 1 saturated carbocycles. The monoisotopic (exact) mass is 295 g/mol. The van der Waals surface area contributed by atoms with Crippen molar-refractivity contribution in [3.05, 3.63) is 22.2 Å². The molecule has 0 amide bonds. The van der Waals surface area contributed by atoms with E-state index in [1.807, 2.05) is 13.8 Å². The molecule has 0 atom stereocenters. The van der Waals surface area contributed by atoms with E-state index in [0.717, 1.165) is 24.5 Å². The molecule has 6 heteroatoms. The maximum Gasteiger partial charge on any atom is 0.252 e. The van der Waals surface area contributed by atoms with Gasteiger partial charge in [-0.2, -0.15) is 0 Å².